The average Bonchev–Trinajstić information content (AvgIpc) is 3.39. The first-order chi connectivity index (χ1) is 17.8. The van der Waals surface area contributed by atoms with E-state index in [0.29, 0.717) is 42.3 Å². The maximum absolute atomic E-state index is 13.9. The number of amides is 1. The van der Waals surface area contributed by atoms with Crippen LogP contribution in [0.5, 0.6) is 11.5 Å². The number of methoxy groups -OCH3 is 2. The molecule has 4 aromatic rings. The van der Waals surface area contributed by atoms with Gasteiger partial charge in [0.15, 0.2) is 0 Å². The van der Waals surface area contributed by atoms with E-state index < -0.39 is 0 Å². The predicted molar refractivity (Wildman–Crippen MR) is 140 cm³/mol. The molecule has 1 amide bonds. The molecule has 0 fully saturated rings. The molecular weight excluding hydrogens is 468 g/mol. The second-order valence-electron chi connectivity index (χ2n) is 9.53. The van der Waals surface area contributed by atoms with Crippen LogP contribution in [0.15, 0.2) is 48.9 Å². The van der Waals surface area contributed by atoms with Crippen molar-refractivity contribution in [2.24, 2.45) is 14.1 Å². The highest BCUT2D eigenvalue weighted by Crippen LogP contribution is 2.34. The fourth-order valence-corrected chi connectivity index (χ4v) is 5.08. The Balaban J connectivity index is 1.56. The number of hydrogen-bond donors (Lipinski definition) is 1. The van der Waals surface area contributed by atoms with Crippen molar-refractivity contribution in [1.29, 1.82) is 5.41 Å². The zero-order chi connectivity index (χ0) is 26.3. The number of hydrogen-bond acceptors (Lipinski definition) is 5. The minimum atomic E-state index is -0.00293. The number of benzene rings is 2. The molecule has 0 radical (unpaired) electrons. The van der Waals surface area contributed by atoms with Gasteiger partial charge in [-0.3, -0.25) is 14.9 Å². The molecule has 0 atom stereocenters. The normalized spacial score (nSPS) is 13.1. The minimum Gasteiger partial charge on any atom is -0.497 e. The number of carbonyl (C=O) groups excluding carboxylic acids is 1. The summed E-state index contributed by atoms with van der Waals surface area (Å²) in [5.41, 5.74) is 7.07. The van der Waals surface area contributed by atoms with E-state index in [1.807, 2.05) is 78.0 Å². The van der Waals surface area contributed by atoms with E-state index in [1.54, 1.807) is 18.8 Å². The van der Waals surface area contributed by atoms with Gasteiger partial charge < -0.3 is 23.5 Å². The quantitative estimate of drug-likeness (QED) is 0.422. The van der Waals surface area contributed by atoms with Crippen LogP contribution in [0.4, 0.5) is 0 Å². The molecule has 0 bridgehead atoms. The van der Waals surface area contributed by atoms with Gasteiger partial charge in [0.25, 0.3) is 5.91 Å². The van der Waals surface area contributed by atoms with Crippen LogP contribution in [0.3, 0.4) is 0 Å². The molecule has 0 saturated heterocycles. The fraction of sp³-hybridized carbons (Fsp3) is 0.321. The highest BCUT2D eigenvalue weighted by Gasteiger charge is 2.28. The second kappa shape index (κ2) is 9.65. The first-order valence-corrected chi connectivity index (χ1v) is 12.2. The third kappa shape index (κ3) is 4.64. The number of nitrogens with one attached hydrogen (secondary N) is 1. The van der Waals surface area contributed by atoms with Crippen LogP contribution < -0.4 is 15.1 Å². The van der Waals surface area contributed by atoms with Gasteiger partial charge in [0, 0.05) is 63.0 Å². The highest BCUT2D eigenvalue weighted by molar-refractivity contribution is 5.99. The summed E-state index contributed by atoms with van der Waals surface area (Å²) in [7, 11) is 7.01. The molecule has 0 saturated carbocycles. The van der Waals surface area contributed by atoms with Gasteiger partial charge in [-0.15, -0.1) is 0 Å². The number of rotatable bonds is 7. The molecule has 0 unspecified atom stereocenters. The van der Waals surface area contributed by atoms with Crippen molar-refractivity contribution in [3.63, 3.8) is 0 Å². The highest BCUT2D eigenvalue weighted by atomic mass is 16.5. The first kappa shape index (κ1) is 24.4. The molecule has 1 aliphatic heterocycles. The summed E-state index contributed by atoms with van der Waals surface area (Å²) in [6.07, 6.45) is 6.51. The lowest BCUT2D eigenvalue weighted by molar-refractivity contribution is 0.0726. The lowest BCUT2D eigenvalue weighted by Crippen LogP contribution is -2.37. The number of aryl methyl sites for hydroxylation is 3. The number of carbonyl (C=O) groups is 1. The zero-order valence-electron chi connectivity index (χ0n) is 21.9. The van der Waals surface area contributed by atoms with Crippen molar-refractivity contribution in [1.82, 2.24) is 23.8 Å². The molecule has 9 nitrogen and oxygen atoms in total. The summed E-state index contributed by atoms with van der Waals surface area (Å²) in [5.74, 6) is 1.39. The maximum Gasteiger partial charge on any atom is 0.254 e. The Morgan fingerprint density at radius 1 is 0.919 bits per heavy atom. The Kier molecular flexibility index (Phi) is 6.37. The molecule has 37 heavy (non-hydrogen) atoms. The van der Waals surface area contributed by atoms with Crippen LogP contribution in [0.1, 0.15) is 32.7 Å². The van der Waals surface area contributed by atoms with Crippen molar-refractivity contribution in [2.45, 2.75) is 26.4 Å². The number of fused-ring (bicyclic) bond motifs is 1. The van der Waals surface area contributed by atoms with Crippen LogP contribution in [-0.2, 0) is 33.6 Å². The molecule has 1 N–H and O–H groups in total. The molecule has 2 aromatic carbocycles. The van der Waals surface area contributed by atoms with E-state index in [-0.39, 0.29) is 5.91 Å². The van der Waals surface area contributed by atoms with Crippen LogP contribution in [-0.4, -0.2) is 50.5 Å². The summed E-state index contributed by atoms with van der Waals surface area (Å²) in [6, 6.07) is 9.85. The number of nitrogens with zero attached hydrogens (tertiary/aromatic N) is 5. The lowest BCUT2D eigenvalue weighted by Gasteiger charge is -2.31. The van der Waals surface area contributed by atoms with Crippen LogP contribution >= 0.6 is 0 Å². The van der Waals surface area contributed by atoms with E-state index in [9.17, 15) is 4.79 Å². The van der Waals surface area contributed by atoms with Crippen molar-refractivity contribution in [3.05, 3.63) is 82.5 Å². The molecule has 3 heterocycles. The third-order valence-corrected chi connectivity index (χ3v) is 6.98. The molecule has 9 heteroatoms. The fourth-order valence-electron chi connectivity index (χ4n) is 5.08. The Hall–Kier alpha value is -4.27. The average molecular weight is 501 g/mol. The van der Waals surface area contributed by atoms with Crippen LogP contribution in [0.2, 0.25) is 0 Å². The summed E-state index contributed by atoms with van der Waals surface area (Å²) in [4.78, 5) is 15.8. The Bertz CT molecular complexity index is 1520. The molecular formula is C28H32N6O3. The molecule has 0 aliphatic carbocycles. The summed E-state index contributed by atoms with van der Waals surface area (Å²) in [5, 5.41) is 12.9. The van der Waals surface area contributed by atoms with Gasteiger partial charge in [-0.25, -0.2) is 0 Å². The number of aromatic nitrogens is 4. The Morgan fingerprint density at radius 2 is 1.59 bits per heavy atom. The van der Waals surface area contributed by atoms with Gasteiger partial charge in [0.2, 0.25) is 5.62 Å². The SMILES string of the molecule is COc1cc(CN2CCc3c(cc(Cn4ccn(C)c4=N)cc3-c3cn(C)nc3C)C2=O)cc(OC)c1. The van der Waals surface area contributed by atoms with Crippen molar-refractivity contribution in [3.8, 4) is 22.6 Å². The van der Waals surface area contributed by atoms with Gasteiger partial charge in [-0.1, -0.05) is 0 Å². The first-order valence-electron chi connectivity index (χ1n) is 12.2. The molecule has 5 rings (SSSR count). The van der Waals surface area contributed by atoms with Gasteiger partial charge in [0.05, 0.1) is 26.5 Å². The predicted octanol–water partition coefficient (Wildman–Crippen LogP) is 3.28. The third-order valence-electron chi connectivity index (χ3n) is 6.98. The zero-order valence-corrected chi connectivity index (χ0v) is 21.9. The maximum atomic E-state index is 13.9. The number of imidazole rings is 1. The smallest absolute Gasteiger partial charge is 0.254 e. The van der Waals surface area contributed by atoms with Gasteiger partial charge in [-0.05, 0) is 59.9 Å². The van der Waals surface area contributed by atoms with Crippen LogP contribution in [0.25, 0.3) is 11.1 Å². The Labute approximate surface area is 216 Å². The van der Waals surface area contributed by atoms with Crippen molar-refractivity contribution < 1.29 is 14.3 Å². The summed E-state index contributed by atoms with van der Waals surface area (Å²) >= 11 is 0. The molecule has 0 spiro atoms. The summed E-state index contributed by atoms with van der Waals surface area (Å²) in [6.45, 7) is 3.57. The molecule has 192 valence electrons. The van der Waals surface area contributed by atoms with E-state index in [2.05, 4.69) is 11.2 Å². The van der Waals surface area contributed by atoms with Crippen molar-refractivity contribution >= 4 is 5.91 Å². The topological polar surface area (TPSA) is 90.3 Å². The lowest BCUT2D eigenvalue weighted by atomic mass is 9.88. The Morgan fingerprint density at radius 3 is 2.19 bits per heavy atom. The van der Waals surface area contributed by atoms with Gasteiger partial charge in [-0.2, -0.15) is 5.10 Å². The van der Waals surface area contributed by atoms with Crippen LogP contribution in [0, 0.1) is 12.3 Å². The van der Waals surface area contributed by atoms with Crippen molar-refractivity contribution in [2.75, 3.05) is 20.8 Å². The van der Waals surface area contributed by atoms with Gasteiger partial charge in [0.1, 0.15) is 11.5 Å². The number of ether oxygens (including phenoxy) is 2. The largest absolute Gasteiger partial charge is 0.497 e. The monoisotopic (exact) mass is 500 g/mol. The van der Waals surface area contributed by atoms with E-state index >= 15 is 0 Å². The summed E-state index contributed by atoms with van der Waals surface area (Å²) < 4.78 is 16.3. The van der Waals surface area contributed by atoms with Gasteiger partial charge >= 0.3 is 0 Å². The van der Waals surface area contributed by atoms with E-state index in [4.69, 9.17) is 14.9 Å². The van der Waals surface area contributed by atoms with E-state index in [0.717, 1.165) is 39.9 Å². The minimum absolute atomic E-state index is 0.00293. The second-order valence-corrected chi connectivity index (χ2v) is 9.53. The standard InChI is InChI=1S/C28H32N6O3/c1-18-26(17-32(3)30-18)24-12-20(16-34-9-8-31(2)28(34)29)13-25-23(24)6-7-33(27(25)35)15-19-10-21(36-4)14-22(11-19)37-5/h8-14,17,29H,6-7,15-16H2,1-5H3. The molecule has 1 aliphatic rings. The molecule has 2 aromatic heterocycles. The van der Waals surface area contributed by atoms with E-state index in [1.165, 1.54) is 0 Å².